The fourth-order valence-corrected chi connectivity index (χ4v) is 3.94. The fourth-order valence-electron chi connectivity index (χ4n) is 3.94. The Kier molecular flexibility index (Phi) is 6.15. The number of hydrogen-bond donors (Lipinski definition) is 2. The Balaban J connectivity index is 1.41. The van der Waals surface area contributed by atoms with Crippen LogP contribution >= 0.6 is 0 Å². The highest BCUT2D eigenvalue weighted by Crippen LogP contribution is 2.29. The van der Waals surface area contributed by atoms with Crippen LogP contribution in [0.1, 0.15) is 20.7 Å². The van der Waals surface area contributed by atoms with Gasteiger partial charge in [0.05, 0.1) is 48.1 Å². The van der Waals surface area contributed by atoms with Crippen molar-refractivity contribution >= 4 is 11.9 Å². The summed E-state index contributed by atoms with van der Waals surface area (Å²) in [5.74, 6) is -0.778. The Morgan fingerprint density at radius 1 is 0.583 bits per heavy atom. The van der Waals surface area contributed by atoms with Crippen molar-refractivity contribution < 1.29 is 19.1 Å². The first-order valence-electron chi connectivity index (χ1n) is 11.1. The molecule has 8 nitrogen and oxygen atoms in total. The first-order valence-corrected chi connectivity index (χ1v) is 11.1. The summed E-state index contributed by atoms with van der Waals surface area (Å²) in [6.07, 6.45) is 0. The van der Waals surface area contributed by atoms with Crippen LogP contribution in [-0.4, -0.2) is 46.6 Å². The van der Waals surface area contributed by atoms with Gasteiger partial charge in [0.25, 0.3) is 0 Å². The number of aromatic nitrogens is 4. The van der Waals surface area contributed by atoms with Gasteiger partial charge in [-0.3, -0.25) is 10.2 Å². The van der Waals surface area contributed by atoms with Crippen LogP contribution in [0.15, 0.2) is 84.9 Å². The van der Waals surface area contributed by atoms with Crippen LogP contribution in [-0.2, 0) is 9.47 Å². The lowest BCUT2D eigenvalue weighted by Crippen LogP contribution is -2.00. The molecule has 5 rings (SSSR count). The van der Waals surface area contributed by atoms with Gasteiger partial charge in [-0.15, -0.1) is 0 Å². The van der Waals surface area contributed by atoms with E-state index < -0.39 is 0 Å². The van der Waals surface area contributed by atoms with Crippen LogP contribution in [0, 0.1) is 0 Å². The maximum absolute atomic E-state index is 11.9. The zero-order valence-corrected chi connectivity index (χ0v) is 19.6. The van der Waals surface area contributed by atoms with E-state index in [1.807, 2.05) is 48.5 Å². The Hall–Kier alpha value is -4.98. The second-order valence-corrected chi connectivity index (χ2v) is 8.06. The highest BCUT2D eigenvalue weighted by Gasteiger charge is 2.13. The number of H-pyrrole nitrogens is 2. The number of ether oxygens (including phenoxy) is 2. The van der Waals surface area contributed by atoms with E-state index in [2.05, 4.69) is 20.4 Å². The molecular formula is C28H22N4O4. The molecule has 3 aromatic carbocycles. The van der Waals surface area contributed by atoms with E-state index in [0.29, 0.717) is 11.1 Å². The molecule has 0 aliphatic rings. The monoisotopic (exact) mass is 478 g/mol. The Bertz CT molecular complexity index is 1450. The maximum atomic E-state index is 11.9. The smallest absolute Gasteiger partial charge is 0.337 e. The molecule has 5 aromatic rings. The van der Waals surface area contributed by atoms with E-state index in [-0.39, 0.29) is 11.9 Å². The third-order valence-corrected chi connectivity index (χ3v) is 5.80. The molecule has 0 saturated heterocycles. The summed E-state index contributed by atoms with van der Waals surface area (Å²) in [4.78, 5) is 23.7. The van der Waals surface area contributed by atoms with E-state index in [0.717, 1.165) is 45.0 Å². The molecule has 0 unspecified atom stereocenters. The van der Waals surface area contributed by atoms with Gasteiger partial charge in [0.15, 0.2) is 0 Å². The molecule has 36 heavy (non-hydrogen) atoms. The number of nitrogens with one attached hydrogen (secondary N) is 2. The van der Waals surface area contributed by atoms with Crippen LogP contribution in [0.2, 0.25) is 0 Å². The van der Waals surface area contributed by atoms with Gasteiger partial charge in [-0.05, 0) is 42.5 Å². The number of nitrogens with zero attached hydrogens (tertiary/aromatic N) is 2. The number of carbonyl (C=O) groups excluding carboxylic acids is 2. The molecule has 0 spiro atoms. The summed E-state index contributed by atoms with van der Waals surface area (Å²) in [5, 5.41) is 15.0. The SMILES string of the molecule is COC(=O)c1cccc(-c2cc(-c3cccc(-c4cc(-c5cccc(C(=O)OC)c5)[nH]n4)c3)n[nH]2)c1. The van der Waals surface area contributed by atoms with Crippen LogP contribution in [0.5, 0.6) is 0 Å². The standard InChI is InChI=1S/C28H22N4O4/c1-35-27(33)21-10-4-8-19(13-21)25-15-23(29-31-25)17-6-3-7-18(12-17)24-16-26(32-30-24)20-9-5-11-22(14-20)28(34)36-2/h3-16H,1-2H3,(H,29,31)(H,30,32). The summed E-state index contributed by atoms with van der Waals surface area (Å²) in [6.45, 7) is 0. The number of hydrogen-bond acceptors (Lipinski definition) is 6. The molecule has 0 atom stereocenters. The molecular weight excluding hydrogens is 456 g/mol. The topological polar surface area (TPSA) is 110 Å². The summed E-state index contributed by atoms with van der Waals surface area (Å²) in [5.41, 5.74) is 7.53. The van der Waals surface area contributed by atoms with E-state index in [9.17, 15) is 9.59 Å². The van der Waals surface area contributed by atoms with E-state index in [1.165, 1.54) is 14.2 Å². The van der Waals surface area contributed by atoms with Crippen molar-refractivity contribution in [1.29, 1.82) is 0 Å². The lowest BCUT2D eigenvalue weighted by Gasteiger charge is -2.02. The Morgan fingerprint density at radius 2 is 1.00 bits per heavy atom. The van der Waals surface area contributed by atoms with Crippen LogP contribution in [0.25, 0.3) is 45.0 Å². The van der Waals surface area contributed by atoms with Gasteiger partial charge in [-0.1, -0.05) is 42.5 Å². The minimum Gasteiger partial charge on any atom is -0.465 e. The van der Waals surface area contributed by atoms with Gasteiger partial charge >= 0.3 is 11.9 Å². The molecule has 0 bridgehead atoms. The maximum Gasteiger partial charge on any atom is 0.337 e. The second-order valence-electron chi connectivity index (χ2n) is 8.06. The molecule has 8 heteroatoms. The number of methoxy groups -OCH3 is 2. The molecule has 178 valence electrons. The highest BCUT2D eigenvalue weighted by atomic mass is 16.5. The van der Waals surface area contributed by atoms with Gasteiger partial charge in [0.2, 0.25) is 0 Å². The summed E-state index contributed by atoms with van der Waals surface area (Å²) in [7, 11) is 2.72. The van der Waals surface area contributed by atoms with Crippen molar-refractivity contribution in [2.45, 2.75) is 0 Å². The third kappa shape index (κ3) is 4.52. The largest absolute Gasteiger partial charge is 0.465 e. The molecule has 0 saturated carbocycles. The number of aromatic amines is 2. The molecule has 2 heterocycles. The van der Waals surface area contributed by atoms with Crippen molar-refractivity contribution in [3.05, 3.63) is 96.1 Å². The number of carbonyl (C=O) groups is 2. The predicted molar refractivity (Wildman–Crippen MR) is 135 cm³/mol. The lowest BCUT2D eigenvalue weighted by molar-refractivity contribution is 0.0592. The number of esters is 2. The molecule has 0 aliphatic heterocycles. The van der Waals surface area contributed by atoms with E-state index >= 15 is 0 Å². The normalized spacial score (nSPS) is 10.7. The lowest BCUT2D eigenvalue weighted by atomic mass is 10.0. The summed E-state index contributed by atoms with van der Waals surface area (Å²) < 4.78 is 9.63. The van der Waals surface area contributed by atoms with Crippen molar-refractivity contribution in [3.8, 4) is 45.0 Å². The molecule has 0 amide bonds. The number of benzene rings is 3. The molecule has 2 N–H and O–H groups in total. The molecule has 2 aromatic heterocycles. The molecule has 0 aliphatic carbocycles. The van der Waals surface area contributed by atoms with Crippen molar-refractivity contribution in [2.24, 2.45) is 0 Å². The van der Waals surface area contributed by atoms with Crippen molar-refractivity contribution in [3.63, 3.8) is 0 Å². The molecule has 0 fully saturated rings. The second kappa shape index (κ2) is 9.71. The van der Waals surface area contributed by atoms with E-state index in [4.69, 9.17) is 9.47 Å². The average Bonchev–Trinajstić information content (AvgIpc) is 3.63. The first-order chi connectivity index (χ1) is 17.6. The summed E-state index contributed by atoms with van der Waals surface area (Å²) >= 11 is 0. The van der Waals surface area contributed by atoms with Gasteiger partial charge in [0, 0.05) is 22.3 Å². The van der Waals surface area contributed by atoms with Gasteiger partial charge < -0.3 is 9.47 Å². The minimum atomic E-state index is -0.389. The van der Waals surface area contributed by atoms with Crippen molar-refractivity contribution in [1.82, 2.24) is 20.4 Å². The van der Waals surface area contributed by atoms with Crippen LogP contribution in [0.4, 0.5) is 0 Å². The Labute approximate surface area is 206 Å². The van der Waals surface area contributed by atoms with Crippen LogP contribution in [0.3, 0.4) is 0 Å². The average molecular weight is 479 g/mol. The Morgan fingerprint density at radius 3 is 1.44 bits per heavy atom. The molecule has 0 radical (unpaired) electrons. The predicted octanol–water partition coefficient (Wildman–Crippen LogP) is 5.37. The van der Waals surface area contributed by atoms with E-state index in [1.54, 1.807) is 36.4 Å². The van der Waals surface area contributed by atoms with Gasteiger partial charge in [0.1, 0.15) is 0 Å². The third-order valence-electron chi connectivity index (χ3n) is 5.80. The zero-order chi connectivity index (χ0) is 25.1. The minimum absolute atomic E-state index is 0.389. The fraction of sp³-hybridized carbons (Fsp3) is 0.0714. The highest BCUT2D eigenvalue weighted by molar-refractivity contribution is 5.91. The first kappa shape index (κ1) is 22.8. The zero-order valence-electron chi connectivity index (χ0n) is 19.6. The quantitative estimate of drug-likeness (QED) is 0.317. The van der Waals surface area contributed by atoms with Gasteiger partial charge in [-0.25, -0.2) is 9.59 Å². The van der Waals surface area contributed by atoms with Gasteiger partial charge in [-0.2, -0.15) is 10.2 Å². The number of rotatable bonds is 6. The van der Waals surface area contributed by atoms with Crippen molar-refractivity contribution in [2.75, 3.05) is 14.2 Å². The summed E-state index contributed by atoms with van der Waals surface area (Å²) in [6, 6.07) is 26.1. The van der Waals surface area contributed by atoms with Crippen LogP contribution < -0.4 is 0 Å².